The van der Waals surface area contributed by atoms with Gasteiger partial charge in [-0.15, -0.1) is 10.2 Å². The van der Waals surface area contributed by atoms with Gasteiger partial charge >= 0.3 is 5.91 Å². The second-order valence-electron chi connectivity index (χ2n) is 10.7. The Kier molecular flexibility index (Phi) is 7.94. The first-order chi connectivity index (χ1) is 19.8. The normalized spacial score (nSPS) is 23.9. The van der Waals surface area contributed by atoms with Crippen LogP contribution in [0.2, 0.25) is 0 Å². The first kappa shape index (κ1) is 29.8. The first-order valence-electron chi connectivity index (χ1n) is 13.3. The van der Waals surface area contributed by atoms with Crippen LogP contribution in [-0.4, -0.2) is 81.5 Å². The van der Waals surface area contributed by atoms with Gasteiger partial charge in [-0.3, -0.25) is 25.0 Å². The molecule has 0 spiro atoms. The van der Waals surface area contributed by atoms with E-state index in [-0.39, 0.29) is 34.2 Å². The molecule has 1 saturated heterocycles. The third-order valence-corrected chi connectivity index (χ3v) is 9.10. The van der Waals surface area contributed by atoms with Crippen molar-refractivity contribution in [1.29, 1.82) is 0 Å². The highest BCUT2D eigenvalue weighted by atomic mass is 32.1. The maximum absolute atomic E-state index is 14.0. The topological polar surface area (TPSA) is 132 Å². The highest BCUT2D eigenvalue weighted by molar-refractivity contribution is 7.12. The van der Waals surface area contributed by atoms with Gasteiger partial charge in [-0.1, -0.05) is 17.4 Å². The summed E-state index contributed by atoms with van der Waals surface area (Å²) in [5.74, 6) is -7.24. The van der Waals surface area contributed by atoms with Crippen LogP contribution in [0.5, 0.6) is 0 Å². The SMILES string of the molecule is CNC1(N(C)C(=O)C2=C(O)C(=O)C(c3nnc(Cc4ccc(F)cc4F)s3)=C[NH2+]2)CCC(C(=O)N2CC(F)(F)C2)CC1. The van der Waals surface area contributed by atoms with Crippen molar-refractivity contribution in [2.45, 2.75) is 43.7 Å². The number of nitrogens with two attached hydrogens (primary N) is 1. The van der Waals surface area contributed by atoms with E-state index < -0.39 is 59.7 Å². The average molecular weight is 610 g/mol. The lowest BCUT2D eigenvalue weighted by Gasteiger charge is -2.47. The predicted octanol–water partition coefficient (Wildman–Crippen LogP) is 1.71. The molecule has 2 aliphatic heterocycles. The molecule has 1 aromatic carbocycles. The second kappa shape index (κ2) is 11.2. The number of quaternary nitrogens is 1. The number of likely N-dealkylation sites (N-methyl/N-ethyl adjacent to an activating group) is 1. The minimum Gasteiger partial charge on any atom is -0.500 e. The highest BCUT2D eigenvalue weighted by Gasteiger charge is 2.50. The monoisotopic (exact) mass is 609 g/mol. The third-order valence-electron chi connectivity index (χ3n) is 8.15. The van der Waals surface area contributed by atoms with E-state index in [0.717, 1.165) is 28.4 Å². The number of nitrogens with zero attached hydrogens (tertiary/aromatic N) is 4. The fourth-order valence-electron chi connectivity index (χ4n) is 5.57. The number of allylic oxidation sites excluding steroid dienone is 1. The van der Waals surface area contributed by atoms with Crippen LogP contribution in [0, 0.1) is 17.6 Å². The smallest absolute Gasteiger partial charge is 0.313 e. The number of hydrogen-bond donors (Lipinski definition) is 3. The van der Waals surface area contributed by atoms with Crippen molar-refractivity contribution in [3.8, 4) is 0 Å². The molecule has 42 heavy (non-hydrogen) atoms. The molecule has 5 rings (SSSR count). The zero-order valence-corrected chi connectivity index (χ0v) is 23.6. The molecule has 10 nitrogen and oxygen atoms in total. The molecule has 0 bridgehead atoms. The number of nitrogens with one attached hydrogen (secondary N) is 1. The number of carbonyl (C=O) groups excluding carboxylic acids is 3. The Bertz CT molecular complexity index is 1490. The van der Waals surface area contributed by atoms with Crippen molar-refractivity contribution in [3.63, 3.8) is 0 Å². The minimum absolute atomic E-state index is 0.00829. The first-order valence-corrected chi connectivity index (χ1v) is 14.1. The number of halogens is 4. The molecule has 1 aromatic heterocycles. The number of aliphatic hydroxyl groups is 1. The van der Waals surface area contributed by atoms with Crippen molar-refractivity contribution in [1.82, 2.24) is 25.3 Å². The zero-order valence-electron chi connectivity index (χ0n) is 22.8. The summed E-state index contributed by atoms with van der Waals surface area (Å²) < 4.78 is 53.7. The quantitative estimate of drug-likeness (QED) is 0.322. The summed E-state index contributed by atoms with van der Waals surface area (Å²) >= 11 is 1.00. The van der Waals surface area contributed by atoms with Crippen LogP contribution >= 0.6 is 11.3 Å². The summed E-state index contributed by atoms with van der Waals surface area (Å²) in [6.07, 6.45) is 2.84. The van der Waals surface area contributed by atoms with Crippen LogP contribution in [0.3, 0.4) is 0 Å². The molecule has 4 N–H and O–H groups in total. The van der Waals surface area contributed by atoms with Crippen molar-refractivity contribution >= 4 is 34.5 Å². The average Bonchev–Trinajstić information content (AvgIpc) is 3.41. The Morgan fingerprint density at radius 1 is 1.21 bits per heavy atom. The lowest BCUT2D eigenvalue weighted by Crippen LogP contribution is -2.81. The van der Waals surface area contributed by atoms with Crippen LogP contribution in [0.1, 0.15) is 41.3 Å². The summed E-state index contributed by atoms with van der Waals surface area (Å²) in [5.41, 5.74) is -0.897. The molecule has 3 aliphatic rings. The molecule has 15 heteroatoms. The van der Waals surface area contributed by atoms with E-state index in [4.69, 9.17) is 0 Å². The maximum atomic E-state index is 14.0. The molecule has 224 valence electrons. The molecule has 1 aliphatic carbocycles. The van der Waals surface area contributed by atoms with E-state index in [9.17, 15) is 37.1 Å². The number of Topliss-reactive ketones (excluding diaryl/α,β-unsaturated/α-hetero) is 1. The number of amides is 2. The number of aromatic nitrogens is 2. The molecule has 3 heterocycles. The van der Waals surface area contributed by atoms with Gasteiger partial charge in [-0.2, -0.15) is 0 Å². The molecule has 2 fully saturated rings. The Hall–Kier alpha value is -3.69. The number of carbonyl (C=O) groups is 3. The van der Waals surface area contributed by atoms with Crippen LogP contribution in [-0.2, 0) is 20.8 Å². The van der Waals surface area contributed by atoms with Crippen LogP contribution < -0.4 is 10.6 Å². The molecule has 0 atom stereocenters. The number of likely N-dealkylation sites (tertiary alicyclic amines) is 1. The van der Waals surface area contributed by atoms with E-state index in [0.29, 0.717) is 30.7 Å². The van der Waals surface area contributed by atoms with Gasteiger partial charge in [-0.05, 0) is 44.4 Å². The van der Waals surface area contributed by atoms with E-state index in [1.54, 1.807) is 7.05 Å². The molecule has 0 unspecified atom stereocenters. The largest absolute Gasteiger partial charge is 0.500 e. The summed E-state index contributed by atoms with van der Waals surface area (Å²) in [7, 11) is 3.19. The van der Waals surface area contributed by atoms with Crippen LogP contribution in [0.4, 0.5) is 17.6 Å². The molecule has 0 radical (unpaired) electrons. The number of benzene rings is 1. The number of alkyl halides is 2. The fourth-order valence-corrected chi connectivity index (χ4v) is 6.46. The number of hydrogen-bond acceptors (Lipinski definition) is 8. The van der Waals surface area contributed by atoms with Gasteiger partial charge in [0.25, 0.3) is 5.92 Å². The standard InChI is InChI=1S/C27H28F4N6O4S/c1-32-27(7-5-14(6-8-27)24(40)37-12-26(30,31)13-37)36(2)25(41)20-22(39)21(38)17(11-33-20)23-35-34-19(42-23)9-15-3-4-16(28)10-18(15)29/h3-4,10-11,14,32,39H,5-9,12-13H2,1-2H3,(H,33,38)/p+1. The van der Waals surface area contributed by atoms with E-state index >= 15 is 0 Å². The minimum atomic E-state index is -2.84. The lowest BCUT2D eigenvalue weighted by atomic mass is 9.79. The number of ketones is 1. The molecular weight excluding hydrogens is 580 g/mol. The summed E-state index contributed by atoms with van der Waals surface area (Å²) in [4.78, 5) is 41.7. The summed E-state index contributed by atoms with van der Waals surface area (Å²) in [5, 5.41) is 23.7. The van der Waals surface area contributed by atoms with Gasteiger partial charge in [0.2, 0.25) is 23.1 Å². The van der Waals surface area contributed by atoms with Crippen LogP contribution in [0.25, 0.3) is 5.57 Å². The fraction of sp³-hybridized carbons (Fsp3) is 0.444. The third kappa shape index (κ3) is 5.55. The van der Waals surface area contributed by atoms with Gasteiger partial charge < -0.3 is 14.9 Å². The van der Waals surface area contributed by atoms with Gasteiger partial charge in [0.1, 0.15) is 28.4 Å². The Balaban J connectivity index is 1.24. The van der Waals surface area contributed by atoms with Gasteiger partial charge in [0.15, 0.2) is 5.01 Å². The number of aliphatic hydroxyl groups excluding tert-OH is 1. The van der Waals surface area contributed by atoms with Crippen LogP contribution in [0.15, 0.2) is 35.9 Å². The molecule has 1 saturated carbocycles. The Labute approximate surface area is 242 Å². The van der Waals surface area contributed by atoms with Crippen molar-refractivity contribution in [2.75, 3.05) is 27.2 Å². The van der Waals surface area contributed by atoms with E-state index in [2.05, 4.69) is 15.5 Å². The lowest BCUT2D eigenvalue weighted by molar-refractivity contribution is -0.531. The molecular formula is C27H29F4N6O4S+. The summed E-state index contributed by atoms with van der Waals surface area (Å²) in [6.45, 7) is -1.15. The predicted molar refractivity (Wildman–Crippen MR) is 142 cm³/mol. The molecule has 2 amide bonds. The number of rotatable bonds is 7. The highest BCUT2D eigenvalue weighted by Crippen LogP contribution is 2.38. The zero-order chi connectivity index (χ0) is 30.4. The van der Waals surface area contributed by atoms with Gasteiger partial charge in [0.05, 0.1) is 18.8 Å². The summed E-state index contributed by atoms with van der Waals surface area (Å²) in [6, 6.07) is 3.18. The molecule has 2 aromatic rings. The van der Waals surface area contributed by atoms with Gasteiger partial charge in [0, 0.05) is 25.5 Å². The maximum Gasteiger partial charge on any atom is 0.313 e. The Morgan fingerprint density at radius 3 is 2.52 bits per heavy atom. The van der Waals surface area contributed by atoms with E-state index in [1.165, 1.54) is 29.5 Å². The second-order valence-corrected chi connectivity index (χ2v) is 11.8. The van der Waals surface area contributed by atoms with Crippen molar-refractivity contribution < 1.29 is 42.4 Å². The van der Waals surface area contributed by atoms with Crippen molar-refractivity contribution in [3.05, 3.63) is 63.1 Å². The van der Waals surface area contributed by atoms with Gasteiger partial charge in [-0.25, -0.2) is 17.6 Å². The Morgan fingerprint density at radius 2 is 1.90 bits per heavy atom. The van der Waals surface area contributed by atoms with E-state index in [1.807, 2.05) is 0 Å². The van der Waals surface area contributed by atoms with Crippen molar-refractivity contribution in [2.24, 2.45) is 5.92 Å².